The van der Waals surface area contributed by atoms with E-state index in [4.69, 9.17) is 9.47 Å². The quantitative estimate of drug-likeness (QED) is 0.724. The number of pyridine rings is 1. The van der Waals surface area contributed by atoms with Gasteiger partial charge in [0.05, 0.1) is 18.2 Å². The Hall–Kier alpha value is -2.19. The molecule has 30 heavy (non-hydrogen) atoms. The van der Waals surface area contributed by atoms with E-state index in [0.29, 0.717) is 50.1 Å². The molecule has 0 spiro atoms. The topological polar surface area (TPSA) is 84.0 Å². The third kappa shape index (κ3) is 6.15. The number of rotatable bonds is 7. The molecule has 0 radical (unpaired) electrons. The van der Waals surface area contributed by atoms with Crippen LogP contribution in [0.4, 0.5) is 0 Å². The van der Waals surface area contributed by atoms with Crippen LogP contribution in [-0.4, -0.2) is 84.7 Å². The molecule has 8 heteroatoms. The number of carbonyl (C=O) groups is 2. The molecule has 0 aliphatic carbocycles. The number of hydrogen-bond donors (Lipinski definition) is 1. The highest BCUT2D eigenvalue weighted by molar-refractivity contribution is 5.94. The minimum Gasteiger partial charge on any atom is -0.477 e. The van der Waals surface area contributed by atoms with Gasteiger partial charge in [0, 0.05) is 57.7 Å². The lowest BCUT2D eigenvalue weighted by Gasteiger charge is -2.37. The van der Waals surface area contributed by atoms with Crippen molar-refractivity contribution in [2.45, 2.75) is 45.7 Å². The monoisotopic (exact) mass is 418 g/mol. The standard InChI is InChI=1S/C22H34N4O4/c1-16(2)24-21(27)17(3)25-8-10-26(11-9-25)22(28)19-4-5-20(23-14-19)30-15-18-6-12-29-13-7-18/h4-5,14,16-18H,6-13,15H2,1-3H3,(H,24,27)/t17-/m0/s1. The number of carbonyl (C=O) groups excluding carboxylic acids is 2. The molecular weight excluding hydrogens is 384 g/mol. The van der Waals surface area contributed by atoms with Crippen LogP contribution in [0.25, 0.3) is 0 Å². The average molecular weight is 419 g/mol. The molecule has 2 aliphatic heterocycles. The van der Waals surface area contributed by atoms with Crippen molar-refractivity contribution in [3.63, 3.8) is 0 Å². The van der Waals surface area contributed by atoms with Crippen LogP contribution in [0.15, 0.2) is 18.3 Å². The fourth-order valence-corrected chi connectivity index (χ4v) is 3.77. The lowest BCUT2D eigenvalue weighted by Crippen LogP contribution is -2.55. The van der Waals surface area contributed by atoms with Crippen LogP contribution in [0.3, 0.4) is 0 Å². The van der Waals surface area contributed by atoms with Crippen molar-refractivity contribution >= 4 is 11.8 Å². The molecule has 3 heterocycles. The number of nitrogens with one attached hydrogen (secondary N) is 1. The summed E-state index contributed by atoms with van der Waals surface area (Å²) in [5.41, 5.74) is 0.562. The molecule has 0 bridgehead atoms. The van der Waals surface area contributed by atoms with Crippen LogP contribution < -0.4 is 10.1 Å². The third-order valence-corrected chi connectivity index (χ3v) is 5.75. The maximum absolute atomic E-state index is 12.8. The SMILES string of the molecule is CC(C)NC(=O)[C@H](C)N1CCN(C(=O)c2ccc(OCC3CCOCC3)nc2)CC1. The van der Waals surface area contributed by atoms with Crippen molar-refractivity contribution in [3.05, 3.63) is 23.9 Å². The summed E-state index contributed by atoms with van der Waals surface area (Å²) in [7, 11) is 0. The number of aromatic nitrogens is 1. The number of amides is 2. The first kappa shape index (κ1) is 22.5. The van der Waals surface area contributed by atoms with E-state index in [1.807, 2.05) is 25.7 Å². The van der Waals surface area contributed by atoms with Gasteiger partial charge >= 0.3 is 0 Å². The minimum absolute atomic E-state index is 0.0302. The Morgan fingerprint density at radius 3 is 2.47 bits per heavy atom. The highest BCUT2D eigenvalue weighted by Gasteiger charge is 2.28. The van der Waals surface area contributed by atoms with Crippen molar-refractivity contribution in [3.8, 4) is 5.88 Å². The molecule has 1 aromatic heterocycles. The molecule has 1 aromatic rings. The zero-order chi connectivity index (χ0) is 21.5. The smallest absolute Gasteiger partial charge is 0.255 e. The van der Waals surface area contributed by atoms with Crippen LogP contribution in [0.2, 0.25) is 0 Å². The second kappa shape index (κ2) is 10.7. The van der Waals surface area contributed by atoms with Gasteiger partial charge in [0.2, 0.25) is 11.8 Å². The van der Waals surface area contributed by atoms with Crippen molar-refractivity contribution in [2.24, 2.45) is 5.92 Å². The van der Waals surface area contributed by atoms with Crippen molar-refractivity contribution in [1.82, 2.24) is 20.1 Å². The van der Waals surface area contributed by atoms with Gasteiger partial charge < -0.3 is 19.7 Å². The Morgan fingerprint density at radius 2 is 1.87 bits per heavy atom. The fourth-order valence-electron chi connectivity index (χ4n) is 3.77. The summed E-state index contributed by atoms with van der Waals surface area (Å²) in [6.45, 7) is 10.6. The largest absolute Gasteiger partial charge is 0.477 e. The molecule has 0 unspecified atom stereocenters. The van der Waals surface area contributed by atoms with E-state index in [9.17, 15) is 9.59 Å². The Morgan fingerprint density at radius 1 is 1.17 bits per heavy atom. The first-order valence-electron chi connectivity index (χ1n) is 10.9. The number of ether oxygens (including phenoxy) is 2. The number of nitrogens with zero attached hydrogens (tertiary/aromatic N) is 3. The Kier molecular flexibility index (Phi) is 8.04. The van der Waals surface area contributed by atoms with Gasteiger partial charge in [-0.15, -0.1) is 0 Å². The maximum Gasteiger partial charge on any atom is 0.255 e. The van der Waals surface area contributed by atoms with Crippen molar-refractivity contribution in [2.75, 3.05) is 46.0 Å². The molecule has 3 rings (SSSR count). The zero-order valence-corrected chi connectivity index (χ0v) is 18.3. The van der Waals surface area contributed by atoms with Crippen LogP contribution in [-0.2, 0) is 9.53 Å². The Bertz CT molecular complexity index is 696. The summed E-state index contributed by atoms with van der Waals surface area (Å²) in [4.78, 5) is 33.3. The van der Waals surface area contributed by atoms with Gasteiger partial charge in [-0.05, 0) is 45.6 Å². The summed E-state index contributed by atoms with van der Waals surface area (Å²) in [6.07, 6.45) is 3.62. The normalized spacial score (nSPS) is 19.5. The second-order valence-corrected chi connectivity index (χ2v) is 8.42. The predicted molar refractivity (Wildman–Crippen MR) is 113 cm³/mol. The van der Waals surface area contributed by atoms with E-state index in [0.717, 1.165) is 26.1 Å². The highest BCUT2D eigenvalue weighted by Crippen LogP contribution is 2.17. The molecule has 2 amide bonds. The van der Waals surface area contributed by atoms with Crippen LogP contribution in [0.5, 0.6) is 5.88 Å². The first-order valence-corrected chi connectivity index (χ1v) is 10.9. The van der Waals surface area contributed by atoms with Crippen molar-refractivity contribution in [1.29, 1.82) is 0 Å². The van der Waals surface area contributed by atoms with Gasteiger partial charge in [-0.25, -0.2) is 4.98 Å². The molecule has 2 saturated heterocycles. The lowest BCUT2D eigenvalue weighted by molar-refractivity contribution is -0.126. The van der Waals surface area contributed by atoms with Crippen LogP contribution in [0, 0.1) is 5.92 Å². The van der Waals surface area contributed by atoms with E-state index in [1.54, 1.807) is 18.3 Å². The second-order valence-electron chi connectivity index (χ2n) is 8.42. The lowest BCUT2D eigenvalue weighted by atomic mass is 10.0. The predicted octanol–water partition coefficient (Wildman–Crippen LogP) is 1.56. The van der Waals surface area contributed by atoms with Gasteiger partial charge in [-0.1, -0.05) is 0 Å². The Balaban J connectivity index is 1.46. The maximum atomic E-state index is 12.8. The van der Waals surface area contributed by atoms with Gasteiger partial charge in [0.25, 0.3) is 5.91 Å². The van der Waals surface area contributed by atoms with E-state index in [1.165, 1.54) is 0 Å². The van der Waals surface area contributed by atoms with E-state index in [2.05, 4.69) is 15.2 Å². The minimum atomic E-state index is -0.196. The number of piperazine rings is 1. The average Bonchev–Trinajstić information content (AvgIpc) is 2.77. The highest BCUT2D eigenvalue weighted by atomic mass is 16.5. The summed E-state index contributed by atoms with van der Waals surface area (Å²) in [5.74, 6) is 1.05. The molecule has 8 nitrogen and oxygen atoms in total. The molecule has 2 fully saturated rings. The molecule has 166 valence electrons. The first-order chi connectivity index (χ1) is 14.4. The van der Waals surface area contributed by atoms with E-state index in [-0.39, 0.29) is 23.9 Å². The van der Waals surface area contributed by atoms with Crippen LogP contribution >= 0.6 is 0 Å². The summed E-state index contributed by atoms with van der Waals surface area (Å²) < 4.78 is 11.1. The molecule has 0 aromatic carbocycles. The number of hydrogen-bond acceptors (Lipinski definition) is 6. The Labute approximate surface area is 178 Å². The molecular formula is C22H34N4O4. The molecule has 1 atom stereocenters. The summed E-state index contributed by atoms with van der Waals surface area (Å²) >= 11 is 0. The van der Waals surface area contributed by atoms with Crippen molar-refractivity contribution < 1.29 is 19.1 Å². The van der Waals surface area contributed by atoms with Gasteiger partial charge in [-0.2, -0.15) is 0 Å². The van der Waals surface area contributed by atoms with E-state index < -0.39 is 0 Å². The summed E-state index contributed by atoms with van der Waals surface area (Å²) in [5, 5.41) is 2.95. The fraction of sp³-hybridized carbons (Fsp3) is 0.682. The third-order valence-electron chi connectivity index (χ3n) is 5.75. The van der Waals surface area contributed by atoms with E-state index >= 15 is 0 Å². The van der Waals surface area contributed by atoms with Gasteiger partial charge in [0.15, 0.2) is 0 Å². The molecule has 1 N–H and O–H groups in total. The van der Waals surface area contributed by atoms with Crippen LogP contribution in [0.1, 0.15) is 44.0 Å². The molecule has 2 aliphatic rings. The summed E-state index contributed by atoms with van der Waals surface area (Å²) in [6, 6.07) is 3.47. The van der Waals surface area contributed by atoms with Gasteiger partial charge in [0.1, 0.15) is 0 Å². The molecule has 0 saturated carbocycles. The zero-order valence-electron chi connectivity index (χ0n) is 18.3. The van der Waals surface area contributed by atoms with Gasteiger partial charge in [-0.3, -0.25) is 14.5 Å².